The Hall–Kier alpha value is -3.14. The highest BCUT2D eigenvalue weighted by molar-refractivity contribution is 6.06. The summed E-state index contributed by atoms with van der Waals surface area (Å²) in [4.78, 5) is 27.4. The van der Waals surface area contributed by atoms with Crippen molar-refractivity contribution < 1.29 is 14.0 Å². The van der Waals surface area contributed by atoms with E-state index in [9.17, 15) is 9.59 Å². The molecule has 29 heavy (non-hydrogen) atoms. The van der Waals surface area contributed by atoms with Gasteiger partial charge in [0, 0.05) is 44.3 Å². The van der Waals surface area contributed by atoms with Gasteiger partial charge in [0.05, 0.1) is 11.5 Å². The van der Waals surface area contributed by atoms with Crippen molar-refractivity contribution in [2.24, 2.45) is 16.1 Å². The van der Waals surface area contributed by atoms with Crippen LogP contribution < -0.4 is 5.32 Å². The van der Waals surface area contributed by atoms with Crippen molar-refractivity contribution in [1.82, 2.24) is 10.2 Å². The van der Waals surface area contributed by atoms with Crippen molar-refractivity contribution in [2.45, 2.75) is 37.8 Å². The summed E-state index contributed by atoms with van der Waals surface area (Å²) < 4.78 is 5.50. The number of benzene rings is 1. The molecule has 2 aromatic rings. The predicted octanol–water partition coefficient (Wildman–Crippen LogP) is 3.37. The first-order chi connectivity index (χ1) is 14.1. The number of carbonyl (C=O) groups excluding carboxylic acids is 2. The largest absolute Gasteiger partial charge is 0.463 e. The number of terminal acetylenes is 1. The van der Waals surface area contributed by atoms with Crippen molar-refractivity contribution in [3.05, 3.63) is 36.1 Å². The monoisotopic (exact) mass is 392 g/mol. The molecule has 7 heteroatoms. The Morgan fingerprint density at radius 3 is 2.93 bits per heavy atom. The SMILES string of the molecule is C#CCCC1(CCNC(=O)C2CCCN(C(=O)c3coc4ccccc34)C2)N=N1. The van der Waals surface area contributed by atoms with Crippen LogP contribution in [-0.4, -0.2) is 42.0 Å². The number of furan rings is 1. The minimum absolute atomic E-state index is 0.0210. The summed E-state index contributed by atoms with van der Waals surface area (Å²) in [6.07, 6.45) is 10.4. The van der Waals surface area contributed by atoms with Gasteiger partial charge in [-0.1, -0.05) is 18.2 Å². The van der Waals surface area contributed by atoms with Gasteiger partial charge in [0.25, 0.3) is 5.91 Å². The highest BCUT2D eigenvalue weighted by Gasteiger charge is 2.39. The average molecular weight is 392 g/mol. The topological polar surface area (TPSA) is 87.3 Å². The van der Waals surface area contributed by atoms with Gasteiger partial charge in [-0.25, -0.2) is 0 Å². The van der Waals surface area contributed by atoms with Crippen LogP contribution in [0.1, 0.15) is 42.5 Å². The van der Waals surface area contributed by atoms with E-state index >= 15 is 0 Å². The summed E-state index contributed by atoms with van der Waals surface area (Å²) in [5.74, 6) is 2.29. The Morgan fingerprint density at radius 2 is 2.14 bits per heavy atom. The summed E-state index contributed by atoms with van der Waals surface area (Å²) in [7, 11) is 0. The lowest BCUT2D eigenvalue weighted by molar-refractivity contribution is -0.126. The standard InChI is InChI=1S/C22H24N4O3/c1-2-3-10-22(24-25-22)11-12-23-20(27)16-7-6-13-26(14-16)21(28)18-15-29-19-9-5-4-8-17(18)19/h1,4-5,8-9,15-16H,3,6-7,10-14H2,(H,23,27). The lowest BCUT2D eigenvalue weighted by Gasteiger charge is -2.32. The number of nitrogens with one attached hydrogen (secondary N) is 1. The van der Waals surface area contributed by atoms with Crippen molar-refractivity contribution >= 4 is 22.8 Å². The molecule has 1 unspecified atom stereocenters. The summed E-state index contributed by atoms with van der Waals surface area (Å²) in [5, 5.41) is 12.0. The third kappa shape index (κ3) is 4.16. The molecule has 1 aromatic carbocycles. The van der Waals surface area contributed by atoms with E-state index in [0.717, 1.165) is 24.6 Å². The number of hydrogen-bond acceptors (Lipinski definition) is 5. The van der Waals surface area contributed by atoms with E-state index in [2.05, 4.69) is 21.5 Å². The molecule has 0 spiro atoms. The van der Waals surface area contributed by atoms with Gasteiger partial charge in [-0.15, -0.1) is 12.3 Å². The Bertz CT molecular complexity index is 981. The van der Waals surface area contributed by atoms with Gasteiger partial charge in [-0.05, 0) is 18.9 Å². The van der Waals surface area contributed by atoms with E-state index in [1.54, 1.807) is 4.90 Å². The van der Waals surface area contributed by atoms with Crippen LogP contribution in [0.2, 0.25) is 0 Å². The number of carbonyl (C=O) groups is 2. The molecule has 1 atom stereocenters. The minimum atomic E-state index is -0.392. The Morgan fingerprint density at radius 1 is 1.31 bits per heavy atom. The molecule has 2 aliphatic rings. The minimum Gasteiger partial charge on any atom is -0.463 e. The fraction of sp³-hybridized carbons (Fsp3) is 0.455. The molecule has 4 rings (SSSR count). The number of para-hydroxylation sites is 1. The first-order valence-corrected chi connectivity index (χ1v) is 10.0. The number of likely N-dealkylation sites (tertiary alicyclic amines) is 1. The van der Waals surface area contributed by atoms with Crippen LogP contribution in [0.5, 0.6) is 0 Å². The molecule has 0 radical (unpaired) electrons. The summed E-state index contributed by atoms with van der Waals surface area (Å²) in [6.45, 7) is 1.57. The van der Waals surface area contributed by atoms with E-state index in [1.165, 1.54) is 6.26 Å². The number of piperidine rings is 1. The average Bonchev–Trinajstić information content (AvgIpc) is 3.39. The van der Waals surface area contributed by atoms with Gasteiger partial charge < -0.3 is 14.6 Å². The van der Waals surface area contributed by atoms with E-state index < -0.39 is 5.66 Å². The van der Waals surface area contributed by atoms with Crippen LogP contribution in [0.3, 0.4) is 0 Å². The van der Waals surface area contributed by atoms with Crippen molar-refractivity contribution in [1.29, 1.82) is 0 Å². The van der Waals surface area contributed by atoms with Crippen LogP contribution in [-0.2, 0) is 4.79 Å². The van der Waals surface area contributed by atoms with Crippen LogP contribution in [0.25, 0.3) is 11.0 Å². The number of fused-ring (bicyclic) bond motifs is 1. The molecule has 0 aliphatic carbocycles. The number of amides is 2. The maximum Gasteiger partial charge on any atom is 0.257 e. The highest BCUT2D eigenvalue weighted by Crippen LogP contribution is 2.36. The molecule has 0 bridgehead atoms. The van der Waals surface area contributed by atoms with Gasteiger partial charge in [0.1, 0.15) is 11.8 Å². The number of rotatable bonds is 7. The maximum absolute atomic E-state index is 13.0. The Kier molecular flexibility index (Phi) is 5.34. The molecule has 2 aliphatic heterocycles. The second-order valence-electron chi connectivity index (χ2n) is 7.66. The molecule has 1 saturated heterocycles. The van der Waals surface area contributed by atoms with Crippen LogP contribution in [0.15, 0.2) is 45.2 Å². The zero-order chi connectivity index (χ0) is 20.3. The fourth-order valence-electron chi connectivity index (χ4n) is 3.89. The van der Waals surface area contributed by atoms with E-state index in [4.69, 9.17) is 10.8 Å². The molecule has 1 aromatic heterocycles. The molecule has 150 valence electrons. The molecule has 3 heterocycles. The first kappa shape index (κ1) is 19.2. The lowest BCUT2D eigenvalue weighted by atomic mass is 9.96. The third-order valence-corrected chi connectivity index (χ3v) is 5.67. The quantitative estimate of drug-likeness (QED) is 0.733. The van der Waals surface area contributed by atoms with Gasteiger partial charge >= 0.3 is 0 Å². The molecule has 1 N–H and O–H groups in total. The Balaban J connectivity index is 1.31. The van der Waals surface area contributed by atoms with Gasteiger partial charge in [-0.3, -0.25) is 9.59 Å². The normalized spacial score (nSPS) is 19.7. The van der Waals surface area contributed by atoms with E-state index in [1.807, 2.05) is 24.3 Å². The van der Waals surface area contributed by atoms with E-state index in [-0.39, 0.29) is 17.7 Å². The van der Waals surface area contributed by atoms with Crippen LogP contribution in [0.4, 0.5) is 0 Å². The van der Waals surface area contributed by atoms with Crippen molar-refractivity contribution in [3.8, 4) is 12.3 Å². The number of nitrogens with zero attached hydrogens (tertiary/aromatic N) is 3. The van der Waals surface area contributed by atoms with Gasteiger partial charge in [0.2, 0.25) is 5.91 Å². The van der Waals surface area contributed by atoms with E-state index in [0.29, 0.717) is 43.6 Å². The van der Waals surface area contributed by atoms with Crippen molar-refractivity contribution in [2.75, 3.05) is 19.6 Å². The molecular formula is C22H24N4O3. The second kappa shape index (κ2) is 8.08. The highest BCUT2D eigenvalue weighted by atomic mass is 16.3. The maximum atomic E-state index is 13.0. The summed E-state index contributed by atoms with van der Waals surface area (Å²) >= 11 is 0. The molecule has 2 amide bonds. The number of hydrogen-bond donors (Lipinski definition) is 1. The zero-order valence-corrected chi connectivity index (χ0v) is 16.3. The molecule has 1 fully saturated rings. The van der Waals surface area contributed by atoms with Crippen LogP contribution >= 0.6 is 0 Å². The van der Waals surface area contributed by atoms with Gasteiger partial charge in [-0.2, -0.15) is 10.2 Å². The molecular weight excluding hydrogens is 368 g/mol. The summed E-state index contributed by atoms with van der Waals surface area (Å²) in [6, 6.07) is 7.48. The third-order valence-electron chi connectivity index (χ3n) is 5.67. The second-order valence-corrected chi connectivity index (χ2v) is 7.66. The fourth-order valence-corrected chi connectivity index (χ4v) is 3.89. The smallest absolute Gasteiger partial charge is 0.257 e. The lowest BCUT2D eigenvalue weighted by Crippen LogP contribution is -2.45. The molecule has 7 nitrogen and oxygen atoms in total. The first-order valence-electron chi connectivity index (χ1n) is 10.0. The summed E-state index contributed by atoms with van der Waals surface area (Å²) in [5.41, 5.74) is 0.849. The van der Waals surface area contributed by atoms with Crippen molar-refractivity contribution in [3.63, 3.8) is 0 Å². The predicted molar refractivity (Wildman–Crippen MR) is 108 cm³/mol. The zero-order valence-electron chi connectivity index (χ0n) is 16.3. The Labute approximate surface area is 169 Å². The van der Waals surface area contributed by atoms with Crippen LogP contribution in [0, 0.1) is 18.3 Å². The molecule has 0 saturated carbocycles. The van der Waals surface area contributed by atoms with Gasteiger partial charge in [0.15, 0.2) is 5.66 Å².